The van der Waals surface area contributed by atoms with Crippen LogP contribution in [0.1, 0.15) is 49.9 Å². The predicted molar refractivity (Wildman–Crippen MR) is 246 cm³/mol. The lowest BCUT2D eigenvalue weighted by molar-refractivity contribution is -0.148. The molecule has 0 spiro atoms. The van der Waals surface area contributed by atoms with Crippen molar-refractivity contribution in [1.29, 1.82) is 0 Å². The molecule has 4 amide bonds. The molecule has 0 bridgehead atoms. The molecule has 0 aliphatic rings. The van der Waals surface area contributed by atoms with Crippen molar-refractivity contribution >= 4 is 57.7 Å². The molecule has 0 unspecified atom stereocenters. The lowest BCUT2D eigenvalue weighted by Gasteiger charge is -2.22. The lowest BCUT2D eigenvalue weighted by Crippen LogP contribution is -2.50. The van der Waals surface area contributed by atoms with Gasteiger partial charge < -0.3 is 45.8 Å². The molecule has 19 nitrogen and oxygen atoms in total. The maximum atomic E-state index is 12.8. The monoisotopic (exact) mass is 924 g/mol. The third-order valence-corrected chi connectivity index (χ3v) is 10.1. The number of para-hydroxylation sites is 2. The van der Waals surface area contributed by atoms with Gasteiger partial charge in [-0.15, -0.1) is 0 Å². The molecule has 2 heterocycles. The maximum Gasteiger partial charge on any atom is 0.431 e. The van der Waals surface area contributed by atoms with Crippen LogP contribution in [0.15, 0.2) is 122 Å². The average Bonchev–Trinajstić information content (AvgIpc) is 3.91. The lowest BCUT2D eigenvalue weighted by atomic mass is 10.0. The molecule has 10 N–H and O–H groups in total. The summed E-state index contributed by atoms with van der Waals surface area (Å²) in [6, 6.07) is 30.9. The summed E-state index contributed by atoms with van der Waals surface area (Å²) in [6.07, 6.45) is -0.304. The summed E-state index contributed by atoms with van der Waals surface area (Å²) < 4.78 is 10.1. The minimum absolute atomic E-state index is 0. The van der Waals surface area contributed by atoms with Crippen LogP contribution in [-0.4, -0.2) is 85.9 Å². The molecule has 2 aromatic heterocycles. The highest BCUT2D eigenvalue weighted by Crippen LogP contribution is 2.21. The van der Waals surface area contributed by atoms with Crippen LogP contribution in [0.2, 0.25) is 0 Å². The number of benzene rings is 4. The third kappa shape index (κ3) is 15.7. The van der Waals surface area contributed by atoms with Crippen molar-refractivity contribution in [2.75, 3.05) is 0 Å². The van der Waals surface area contributed by atoms with Crippen molar-refractivity contribution in [3.05, 3.63) is 144 Å². The largest absolute Gasteiger partial charge is 0.480 e. The second kappa shape index (κ2) is 25.7. The fourth-order valence-electron chi connectivity index (χ4n) is 6.66. The van der Waals surface area contributed by atoms with Crippen molar-refractivity contribution in [1.82, 2.24) is 31.6 Å². The standard InChI is InChI=1S/2C24H27N3O6.H2O/c2*1-15(2)21(33-27-24(31)32-14-16-8-4-3-5-9-16)22(28)26-20(23(29)30)12-17-13-25-19-11-7-6-10-18(17)19;/h2*3-11,13,15,20-21,25H,12,14H2,1-2H3,(H,26,28)(H,27,31)(H,29,30);1H2/t2*20-,21-;/m00./s1. The van der Waals surface area contributed by atoms with Gasteiger partial charge >= 0.3 is 24.1 Å². The normalized spacial score (nSPS) is 12.6. The summed E-state index contributed by atoms with van der Waals surface area (Å²) in [5.74, 6) is -4.34. The highest BCUT2D eigenvalue weighted by molar-refractivity contribution is 5.89. The first-order valence-electron chi connectivity index (χ1n) is 21.1. The Kier molecular flexibility index (Phi) is 19.9. The molecule has 0 aliphatic carbocycles. The zero-order chi connectivity index (χ0) is 47.6. The van der Waals surface area contributed by atoms with Crippen LogP contribution in [0.4, 0.5) is 9.59 Å². The maximum absolute atomic E-state index is 12.8. The molecular formula is C48H56N6O13. The number of carboxylic acid groups (broad SMARTS) is 2. The van der Waals surface area contributed by atoms with Gasteiger partial charge in [0.05, 0.1) is 0 Å². The molecule has 0 radical (unpaired) electrons. The molecule has 0 saturated carbocycles. The second-order valence-corrected chi connectivity index (χ2v) is 15.8. The molecular weight excluding hydrogens is 869 g/mol. The van der Waals surface area contributed by atoms with E-state index in [1.54, 1.807) is 64.4 Å². The van der Waals surface area contributed by atoms with Gasteiger partial charge in [-0.1, -0.05) is 125 Å². The summed E-state index contributed by atoms with van der Waals surface area (Å²) in [6.45, 7) is 6.96. The zero-order valence-corrected chi connectivity index (χ0v) is 37.3. The molecule has 67 heavy (non-hydrogen) atoms. The highest BCUT2D eigenvalue weighted by Gasteiger charge is 2.31. The summed E-state index contributed by atoms with van der Waals surface area (Å²) in [5.41, 5.74) is 9.11. The number of aliphatic carboxylic acids is 2. The molecule has 19 heteroatoms. The number of rotatable bonds is 20. The summed E-state index contributed by atoms with van der Waals surface area (Å²) >= 11 is 0. The Morgan fingerprint density at radius 1 is 0.522 bits per heavy atom. The molecule has 6 rings (SSSR count). The van der Waals surface area contributed by atoms with Crippen LogP contribution in [0, 0.1) is 11.8 Å². The number of ether oxygens (including phenoxy) is 2. The van der Waals surface area contributed by atoms with E-state index < -0.39 is 60.2 Å². The van der Waals surface area contributed by atoms with Crippen molar-refractivity contribution < 1.29 is 63.6 Å². The second-order valence-electron chi connectivity index (χ2n) is 15.8. The number of carbonyl (C=O) groups is 6. The summed E-state index contributed by atoms with van der Waals surface area (Å²) in [4.78, 5) is 89.8. The first-order chi connectivity index (χ1) is 31.7. The van der Waals surface area contributed by atoms with E-state index in [0.717, 1.165) is 44.1 Å². The fraction of sp³-hybridized carbons (Fsp3) is 0.292. The van der Waals surface area contributed by atoms with Gasteiger partial charge in [0, 0.05) is 47.0 Å². The van der Waals surface area contributed by atoms with E-state index >= 15 is 0 Å². The van der Waals surface area contributed by atoms with E-state index in [9.17, 15) is 39.0 Å². The Hall–Kier alpha value is -7.74. The zero-order valence-electron chi connectivity index (χ0n) is 37.3. The molecule has 0 aliphatic heterocycles. The third-order valence-electron chi connectivity index (χ3n) is 10.1. The number of aromatic amines is 2. The van der Waals surface area contributed by atoms with E-state index in [4.69, 9.17) is 19.1 Å². The predicted octanol–water partition coefficient (Wildman–Crippen LogP) is 5.50. The Bertz CT molecular complexity index is 2370. The van der Waals surface area contributed by atoms with Gasteiger partial charge in [0.2, 0.25) is 0 Å². The van der Waals surface area contributed by atoms with Gasteiger partial charge in [-0.05, 0) is 46.2 Å². The Morgan fingerprint density at radius 3 is 1.21 bits per heavy atom. The Labute approximate surface area is 385 Å². The number of hydroxylamine groups is 2. The number of hydrogen-bond acceptors (Lipinski definition) is 10. The number of nitrogens with one attached hydrogen (secondary N) is 6. The van der Waals surface area contributed by atoms with Crippen molar-refractivity contribution in [3.8, 4) is 0 Å². The number of H-pyrrole nitrogens is 2. The minimum atomic E-state index is -1.17. The molecule has 4 aromatic carbocycles. The van der Waals surface area contributed by atoms with Crippen molar-refractivity contribution in [2.45, 2.75) is 78.0 Å². The minimum Gasteiger partial charge on any atom is -0.480 e. The highest BCUT2D eigenvalue weighted by atomic mass is 16.7. The van der Waals surface area contributed by atoms with E-state index in [1.807, 2.05) is 84.9 Å². The van der Waals surface area contributed by atoms with Crippen LogP contribution in [0.5, 0.6) is 0 Å². The number of aromatic nitrogens is 2. The molecule has 0 saturated heterocycles. The molecule has 4 atom stereocenters. The number of hydrogen-bond donors (Lipinski definition) is 8. The van der Waals surface area contributed by atoms with Gasteiger partial charge in [-0.2, -0.15) is 11.0 Å². The van der Waals surface area contributed by atoms with Crippen LogP contribution < -0.4 is 21.6 Å². The summed E-state index contributed by atoms with van der Waals surface area (Å²) in [5, 5.41) is 26.1. The number of amides is 4. The van der Waals surface area contributed by atoms with Gasteiger partial charge in [-0.25, -0.2) is 19.2 Å². The average molecular weight is 925 g/mol. The molecule has 356 valence electrons. The van der Waals surface area contributed by atoms with Crippen molar-refractivity contribution in [3.63, 3.8) is 0 Å². The van der Waals surface area contributed by atoms with Gasteiger partial charge in [0.25, 0.3) is 11.8 Å². The number of carboxylic acids is 2. The fourth-order valence-corrected chi connectivity index (χ4v) is 6.66. The SMILES string of the molecule is CC(C)[C@H](ONC(=O)OCc1ccccc1)C(=O)N[C@@H](Cc1c[nH]c2ccccc12)C(=O)O.CC(C)[C@H](ONC(=O)OCc1ccccc1)C(=O)N[C@@H](Cc1c[nH]c2ccccc12)C(=O)O.O. The Balaban J connectivity index is 0.000000288. The van der Waals surface area contributed by atoms with Gasteiger partial charge in [0.15, 0.2) is 12.2 Å². The van der Waals surface area contributed by atoms with Gasteiger partial charge in [0.1, 0.15) is 25.3 Å². The quantitative estimate of drug-likeness (QED) is 0.0441. The van der Waals surface area contributed by atoms with Gasteiger partial charge in [-0.3, -0.25) is 19.3 Å². The van der Waals surface area contributed by atoms with E-state index in [2.05, 4.69) is 31.6 Å². The van der Waals surface area contributed by atoms with Crippen molar-refractivity contribution in [2.24, 2.45) is 11.8 Å². The summed E-state index contributed by atoms with van der Waals surface area (Å²) in [7, 11) is 0. The van der Waals surface area contributed by atoms with Crippen LogP contribution in [0.3, 0.4) is 0 Å². The van der Waals surface area contributed by atoms with E-state index in [-0.39, 0.29) is 43.4 Å². The van der Waals surface area contributed by atoms with E-state index in [1.165, 1.54) is 0 Å². The van der Waals surface area contributed by atoms with Crippen LogP contribution in [-0.2, 0) is 64.4 Å². The molecule has 0 fully saturated rings. The number of carbonyl (C=O) groups excluding carboxylic acids is 4. The van der Waals surface area contributed by atoms with Crippen LogP contribution >= 0.6 is 0 Å². The smallest absolute Gasteiger partial charge is 0.431 e. The first-order valence-corrected chi connectivity index (χ1v) is 21.1. The Morgan fingerprint density at radius 2 is 0.866 bits per heavy atom. The topological polar surface area (TPSA) is 291 Å². The number of fused-ring (bicyclic) bond motifs is 2. The molecule has 6 aromatic rings. The van der Waals surface area contributed by atoms with E-state index in [0.29, 0.717) is 0 Å². The van der Waals surface area contributed by atoms with Crippen LogP contribution in [0.25, 0.3) is 21.8 Å². The first kappa shape index (κ1) is 51.9.